The summed E-state index contributed by atoms with van der Waals surface area (Å²) in [5, 5.41) is 15.0. The number of rotatable bonds is 8. The lowest BCUT2D eigenvalue weighted by atomic mass is 9.44. The number of thioether (sulfide) groups is 1. The van der Waals surface area contributed by atoms with Crippen LogP contribution in [0.15, 0.2) is 12.7 Å². The number of amides is 1. The van der Waals surface area contributed by atoms with Gasteiger partial charge < -0.3 is 20.9 Å². The van der Waals surface area contributed by atoms with Crippen LogP contribution >= 0.6 is 11.8 Å². The molecule has 7 unspecified atom stereocenters. The number of aliphatic hydroxyl groups excluding tert-OH is 1. The number of ether oxygens (including phenoxy) is 1. The van der Waals surface area contributed by atoms with E-state index in [1.807, 2.05) is 26.8 Å². The molecule has 4 rings (SSSR count). The zero-order chi connectivity index (χ0) is 30.3. The summed E-state index contributed by atoms with van der Waals surface area (Å²) in [5.41, 5.74) is 4.65. The van der Waals surface area contributed by atoms with Crippen molar-refractivity contribution in [1.29, 1.82) is 0 Å². The minimum Gasteiger partial charge on any atom is -0.461 e. The van der Waals surface area contributed by atoms with Crippen molar-refractivity contribution in [3.05, 3.63) is 12.7 Å². The highest BCUT2D eigenvalue weighted by molar-refractivity contribution is 8.00. The second-order valence-corrected chi connectivity index (χ2v) is 15.8. The van der Waals surface area contributed by atoms with E-state index in [1.165, 1.54) is 0 Å². The molecule has 0 aromatic carbocycles. The molecule has 8 heteroatoms. The Balaban J connectivity index is 1.54. The summed E-state index contributed by atoms with van der Waals surface area (Å²) in [7, 11) is 0. The second-order valence-electron chi connectivity index (χ2n) is 14.6. The number of nitrogens with two attached hydrogens (primary N) is 1. The number of Topliss-reactive ketones (excluding diaryl/α,β-unsaturated/α-hetero) is 1. The van der Waals surface area contributed by atoms with Crippen molar-refractivity contribution in [3.8, 4) is 0 Å². The molecule has 7 nitrogen and oxygen atoms in total. The van der Waals surface area contributed by atoms with E-state index in [0.717, 1.165) is 44.9 Å². The monoisotopic (exact) mass is 590 g/mol. The maximum absolute atomic E-state index is 13.6. The number of carbonyl (C=O) groups excluding carboxylic acids is 3. The van der Waals surface area contributed by atoms with Gasteiger partial charge in [-0.25, -0.2) is 0 Å². The Kier molecular flexibility index (Phi) is 9.77. The first-order valence-corrected chi connectivity index (χ1v) is 17.0. The van der Waals surface area contributed by atoms with E-state index in [0.29, 0.717) is 12.8 Å². The molecule has 232 valence electrons. The standard InChI is InChI=1S/C33H54N2O5S/c1-8-31(6)17-25(32(7)20(4)13-15-33(21(5)29(31)38)16-14-23(36)28(32)33)40-26(37)18-41-24-12-10-9-11-22(24)35-30(39)27(34)19(2)3/h8,19-22,24-25,27-29,38H,1,9-18,34H2,2-7H3,(H,35,39)/t20?,21-,22?,24?,25+,27?,28?,29?,31+,32+,33?/m0/s1. The lowest BCUT2D eigenvalue weighted by Crippen LogP contribution is -2.63. The normalized spacial score (nSPS) is 43.4. The highest BCUT2D eigenvalue weighted by Crippen LogP contribution is 2.68. The number of aliphatic hydroxyl groups is 1. The molecular formula is C33H54N2O5S. The third-order valence-electron chi connectivity index (χ3n) is 12.0. The fourth-order valence-corrected chi connectivity index (χ4v) is 10.1. The summed E-state index contributed by atoms with van der Waals surface area (Å²) >= 11 is 1.56. The number of carbonyl (C=O) groups is 3. The molecule has 0 aromatic heterocycles. The van der Waals surface area contributed by atoms with Gasteiger partial charge in [-0.05, 0) is 61.7 Å². The van der Waals surface area contributed by atoms with E-state index in [1.54, 1.807) is 11.8 Å². The summed E-state index contributed by atoms with van der Waals surface area (Å²) in [6, 6.07) is -0.568. The highest BCUT2D eigenvalue weighted by atomic mass is 32.2. The minimum absolute atomic E-state index is 0.0199. The predicted octanol–water partition coefficient (Wildman–Crippen LogP) is 5.04. The molecule has 4 saturated carbocycles. The Morgan fingerprint density at radius 2 is 1.88 bits per heavy atom. The van der Waals surface area contributed by atoms with Crippen LogP contribution in [0.5, 0.6) is 0 Å². The van der Waals surface area contributed by atoms with Gasteiger partial charge in [-0.1, -0.05) is 60.5 Å². The van der Waals surface area contributed by atoms with E-state index < -0.39 is 29.1 Å². The van der Waals surface area contributed by atoms with Gasteiger partial charge in [0.25, 0.3) is 0 Å². The van der Waals surface area contributed by atoms with Gasteiger partial charge in [0.1, 0.15) is 11.9 Å². The Morgan fingerprint density at radius 1 is 1.20 bits per heavy atom. The number of hydrogen-bond acceptors (Lipinski definition) is 7. The topological polar surface area (TPSA) is 119 Å². The average Bonchev–Trinajstić information content (AvgIpc) is 3.30. The van der Waals surface area contributed by atoms with Crippen molar-refractivity contribution in [3.63, 3.8) is 0 Å². The molecule has 4 aliphatic rings. The molecule has 1 amide bonds. The smallest absolute Gasteiger partial charge is 0.316 e. The van der Waals surface area contributed by atoms with Crippen LogP contribution in [0.2, 0.25) is 0 Å². The van der Waals surface area contributed by atoms with Gasteiger partial charge in [-0.2, -0.15) is 0 Å². The molecular weight excluding hydrogens is 536 g/mol. The van der Waals surface area contributed by atoms with Crippen LogP contribution < -0.4 is 11.1 Å². The molecule has 0 heterocycles. The molecule has 0 aromatic rings. The lowest BCUT2D eigenvalue weighted by molar-refractivity contribution is -0.205. The predicted molar refractivity (Wildman–Crippen MR) is 164 cm³/mol. The molecule has 4 N–H and O–H groups in total. The molecule has 41 heavy (non-hydrogen) atoms. The van der Waals surface area contributed by atoms with E-state index >= 15 is 0 Å². The minimum atomic E-state index is -0.675. The SMILES string of the molecule is C=C[C@]1(C)C[C@@H](OC(=O)CSC2CCCCC2NC(=O)C(N)C(C)C)[C@@]2(C)C(C)CCC3(CCC(=O)C32)[C@@H](C)C1O. The maximum atomic E-state index is 13.6. The largest absolute Gasteiger partial charge is 0.461 e. The Labute approximate surface area is 251 Å². The van der Waals surface area contributed by atoms with E-state index in [4.69, 9.17) is 10.5 Å². The summed E-state index contributed by atoms with van der Waals surface area (Å²) in [5.74, 6) is -0.00495. The van der Waals surface area contributed by atoms with Crippen LogP contribution in [0.25, 0.3) is 0 Å². The van der Waals surface area contributed by atoms with Crippen molar-refractivity contribution in [2.24, 2.45) is 45.7 Å². The molecule has 11 atom stereocenters. The second kappa shape index (κ2) is 12.3. The average molecular weight is 591 g/mol. The summed E-state index contributed by atoms with van der Waals surface area (Å²) in [6.07, 6.45) is 8.18. The zero-order valence-electron chi connectivity index (χ0n) is 26.1. The Morgan fingerprint density at radius 3 is 2.54 bits per heavy atom. The number of nitrogens with one attached hydrogen (secondary N) is 1. The maximum Gasteiger partial charge on any atom is 0.316 e. The lowest BCUT2D eigenvalue weighted by Gasteiger charge is -2.61. The number of hydrogen-bond donors (Lipinski definition) is 3. The van der Waals surface area contributed by atoms with Crippen molar-refractivity contribution in [2.45, 2.75) is 129 Å². The third-order valence-corrected chi connectivity index (χ3v) is 13.4. The Hall–Kier alpha value is -1.38. The molecule has 2 bridgehead atoms. The van der Waals surface area contributed by atoms with E-state index in [2.05, 4.69) is 32.7 Å². The van der Waals surface area contributed by atoms with Gasteiger partial charge in [0.2, 0.25) is 5.91 Å². The van der Waals surface area contributed by atoms with E-state index in [9.17, 15) is 19.5 Å². The quantitative estimate of drug-likeness (QED) is 0.268. The van der Waals surface area contributed by atoms with Gasteiger partial charge in [-0.15, -0.1) is 18.3 Å². The van der Waals surface area contributed by atoms with Gasteiger partial charge in [-0.3, -0.25) is 14.4 Å². The van der Waals surface area contributed by atoms with E-state index in [-0.39, 0.29) is 63.8 Å². The van der Waals surface area contributed by atoms with Gasteiger partial charge in [0, 0.05) is 34.5 Å². The first kappa shape index (κ1) is 32.5. The van der Waals surface area contributed by atoms with Crippen LogP contribution in [-0.4, -0.2) is 58.1 Å². The Bertz CT molecular complexity index is 1020. The molecule has 0 saturated heterocycles. The first-order chi connectivity index (χ1) is 19.2. The number of ketones is 1. The van der Waals surface area contributed by atoms with Crippen LogP contribution in [0.1, 0.15) is 99.3 Å². The third kappa shape index (κ3) is 5.78. The zero-order valence-corrected chi connectivity index (χ0v) is 26.9. The van der Waals surface area contributed by atoms with Crippen molar-refractivity contribution in [1.82, 2.24) is 5.32 Å². The highest BCUT2D eigenvalue weighted by Gasteiger charge is 2.68. The fraction of sp³-hybridized carbons (Fsp3) is 0.848. The van der Waals surface area contributed by atoms with Crippen LogP contribution in [0.4, 0.5) is 0 Å². The van der Waals surface area contributed by atoms with Gasteiger partial charge >= 0.3 is 5.97 Å². The van der Waals surface area contributed by atoms with Crippen LogP contribution in [0, 0.1) is 39.9 Å². The van der Waals surface area contributed by atoms with Crippen LogP contribution in [0.3, 0.4) is 0 Å². The molecule has 0 aliphatic heterocycles. The number of esters is 1. The summed E-state index contributed by atoms with van der Waals surface area (Å²) in [6.45, 7) is 16.5. The van der Waals surface area contributed by atoms with Crippen LogP contribution in [-0.2, 0) is 19.1 Å². The molecule has 4 fully saturated rings. The molecule has 0 spiro atoms. The van der Waals surface area contributed by atoms with Crippen molar-refractivity contribution >= 4 is 29.4 Å². The molecule has 4 aliphatic carbocycles. The first-order valence-electron chi connectivity index (χ1n) is 15.9. The summed E-state index contributed by atoms with van der Waals surface area (Å²) in [4.78, 5) is 39.9. The van der Waals surface area contributed by atoms with Gasteiger partial charge in [0.05, 0.1) is 17.9 Å². The van der Waals surface area contributed by atoms with Crippen molar-refractivity contribution in [2.75, 3.05) is 5.75 Å². The van der Waals surface area contributed by atoms with Gasteiger partial charge in [0.15, 0.2) is 0 Å². The van der Waals surface area contributed by atoms with Crippen molar-refractivity contribution < 1.29 is 24.2 Å². The summed E-state index contributed by atoms with van der Waals surface area (Å²) < 4.78 is 6.42. The molecule has 0 radical (unpaired) electrons. The fourth-order valence-electron chi connectivity index (χ4n) is 8.91.